The highest BCUT2D eigenvalue weighted by Crippen LogP contribution is 2.42. The molecule has 4 nitrogen and oxygen atoms in total. The summed E-state index contributed by atoms with van der Waals surface area (Å²) in [6.07, 6.45) is 3.12. The zero-order valence-corrected chi connectivity index (χ0v) is 10.7. The molecule has 1 aliphatic rings. The predicted octanol–water partition coefficient (Wildman–Crippen LogP) is 1.57. The van der Waals surface area contributed by atoms with Crippen LogP contribution in [0.2, 0.25) is 0 Å². The molecule has 0 amide bonds. The van der Waals surface area contributed by atoms with Gasteiger partial charge >= 0.3 is 0 Å². The third-order valence-corrected chi connectivity index (χ3v) is 3.84. The van der Waals surface area contributed by atoms with Gasteiger partial charge in [-0.15, -0.1) is 0 Å². The molecule has 1 aromatic rings. The zero-order valence-electron chi connectivity index (χ0n) is 10.7. The number of anilines is 1. The number of pyridine rings is 1. The second-order valence-corrected chi connectivity index (χ2v) is 5.30. The highest BCUT2D eigenvalue weighted by molar-refractivity contribution is 5.34. The lowest BCUT2D eigenvalue weighted by Crippen LogP contribution is -2.60. The molecule has 17 heavy (non-hydrogen) atoms. The standard InChI is InChI=1S/C13H21N3O/c1-13(2)11(6-12(13)17-3)16-8-10-5-4-9(14)7-15-10/h4-5,7,11-12,16H,6,8,14H2,1-3H3. The average molecular weight is 235 g/mol. The van der Waals surface area contributed by atoms with Crippen molar-refractivity contribution in [1.82, 2.24) is 10.3 Å². The highest BCUT2D eigenvalue weighted by Gasteiger charge is 2.48. The monoisotopic (exact) mass is 235 g/mol. The number of methoxy groups -OCH3 is 1. The van der Waals surface area contributed by atoms with E-state index >= 15 is 0 Å². The third kappa shape index (κ3) is 2.42. The number of nitrogens with zero attached hydrogens (tertiary/aromatic N) is 1. The smallest absolute Gasteiger partial charge is 0.0652 e. The Morgan fingerprint density at radius 2 is 2.29 bits per heavy atom. The minimum absolute atomic E-state index is 0.197. The van der Waals surface area contributed by atoms with Crippen LogP contribution in [0.3, 0.4) is 0 Å². The Kier molecular flexibility index (Phi) is 3.35. The first-order valence-electron chi connectivity index (χ1n) is 6.00. The number of hydrogen-bond acceptors (Lipinski definition) is 4. The molecule has 0 bridgehead atoms. The molecule has 4 heteroatoms. The van der Waals surface area contributed by atoms with Crippen LogP contribution in [-0.4, -0.2) is 24.2 Å². The summed E-state index contributed by atoms with van der Waals surface area (Å²) in [5.74, 6) is 0. The van der Waals surface area contributed by atoms with Gasteiger partial charge < -0.3 is 15.8 Å². The van der Waals surface area contributed by atoms with Crippen LogP contribution in [-0.2, 0) is 11.3 Å². The Hall–Kier alpha value is -1.13. The third-order valence-electron chi connectivity index (χ3n) is 3.84. The molecule has 1 aliphatic carbocycles. The number of nitrogens with one attached hydrogen (secondary N) is 1. The van der Waals surface area contributed by atoms with Crippen molar-refractivity contribution in [2.24, 2.45) is 5.41 Å². The number of ether oxygens (including phenoxy) is 1. The molecule has 0 spiro atoms. The van der Waals surface area contributed by atoms with E-state index in [1.54, 1.807) is 13.3 Å². The summed E-state index contributed by atoms with van der Waals surface area (Å²) in [5, 5.41) is 3.53. The van der Waals surface area contributed by atoms with E-state index < -0.39 is 0 Å². The van der Waals surface area contributed by atoms with E-state index in [0.717, 1.165) is 18.7 Å². The summed E-state index contributed by atoms with van der Waals surface area (Å²) in [4.78, 5) is 4.28. The van der Waals surface area contributed by atoms with Crippen LogP contribution in [0.4, 0.5) is 5.69 Å². The molecule has 1 heterocycles. The number of hydrogen-bond donors (Lipinski definition) is 2. The molecular weight excluding hydrogens is 214 g/mol. The Morgan fingerprint density at radius 1 is 1.53 bits per heavy atom. The fraction of sp³-hybridized carbons (Fsp3) is 0.615. The number of rotatable bonds is 4. The van der Waals surface area contributed by atoms with Crippen molar-refractivity contribution in [3.05, 3.63) is 24.0 Å². The first-order valence-corrected chi connectivity index (χ1v) is 6.00. The first-order chi connectivity index (χ1) is 8.04. The Morgan fingerprint density at radius 3 is 2.82 bits per heavy atom. The average Bonchev–Trinajstić information content (AvgIpc) is 2.30. The van der Waals surface area contributed by atoms with E-state index in [-0.39, 0.29) is 5.41 Å². The molecule has 0 radical (unpaired) electrons. The van der Waals surface area contributed by atoms with Crippen LogP contribution < -0.4 is 11.1 Å². The van der Waals surface area contributed by atoms with Crippen molar-refractivity contribution in [1.29, 1.82) is 0 Å². The Balaban J connectivity index is 1.86. The molecule has 3 N–H and O–H groups in total. The molecular formula is C13H21N3O. The van der Waals surface area contributed by atoms with Gasteiger partial charge in [0.2, 0.25) is 0 Å². The first kappa shape index (κ1) is 12.3. The van der Waals surface area contributed by atoms with Crippen molar-refractivity contribution < 1.29 is 4.74 Å². The molecule has 94 valence electrons. The second kappa shape index (κ2) is 4.63. The summed E-state index contributed by atoms with van der Waals surface area (Å²) >= 11 is 0. The fourth-order valence-electron chi connectivity index (χ4n) is 2.40. The van der Waals surface area contributed by atoms with Gasteiger partial charge in [0.1, 0.15) is 0 Å². The number of nitrogens with two attached hydrogens (primary N) is 1. The zero-order chi connectivity index (χ0) is 12.5. The molecule has 0 aliphatic heterocycles. The summed E-state index contributed by atoms with van der Waals surface area (Å²) in [6.45, 7) is 5.25. The van der Waals surface area contributed by atoms with Crippen molar-refractivity contribution in [3.8, 4) is 0 Å². The van der Waals surface area contributed by atoms with Crippen molar-refractivity contribution >= 4 is 5.69 Å². The van der Waals surface area contributed by atoms with Crippen LogP contribution in [0.15, 0.2) is 18.3 Å². The van der Waals surface area contributed by atoms with Gasteiger partial charge in [0.25, 0.3) is 0 Å². The summed E-state index contributed by atoms with van der Waals surface area (Å²) in [5.41, 5.74) is 7.53. The van der Waals surface area contributed by atoms with E-state index in [2.05, 4.69) is 24.1 Å². The number of nitrogen functional groups attached to an aromatic ring is 1. The van der Waals surface area contributed by atoms with Crippen molar-refractivity contribution in [2.75, 3.05) is 12.8 Å². The Bertz CT molecular complexity index is 375. The summed E-state index contributed by atoms with van der Waals surface area (Å²) < 4.78 is 5.43. The Labute approximate surface area is 103 Å². The van der Waals surface area contributed by atoms with Crippen molar-refractivity contribution in [3.63, 3.8) is 0 Å². The summed E-state index contributed by atoms with van der Waals surface area (Å²) in [6, 6.07) is 4.34. The van der Waals surface area contributed by atoms with Crippen LogP contribution in [0.25, 0.3) is 0 Å². The van der Waals surface area contributed by atoms with E-state index in [0.29, 0.717) is 17.8 Å². The number of aromatic nitrogens is 1. The quantitative estimate of drug-likeness (QED) is 0.831. The van der Waals surface area contributed by atoms with Gasteiger partial charge in [-0.05, 0) is 18.6 Å². The van der Waals surface area contributed by atoms with E-state index in [9.17, 15) is 0 Å². The van der Waals surface area contributed by atoms with Crippen LogP contribution in [0.1, 0.15) is 26.0 Å². The molecule has 2 rings (SSSR count). The van der Waals surface area contributed by atoms with E-state index in [1.165, 1.54) is 0 Å². The lowest BCUT2D eigenvalue weighted by molar-refractivity contribution is -0.0979. The van der Waals surface area contributed by atoms with Crippen LogP contribution >= 0.6 is 0 Å². The molecule has 2 atom stereocenters. The maximum atomic E-state index is 5.60. The normalized spacial score (nSPS) is 26.5. The highest BCUT2D eigenvalue weighted by atomic mass is 16.5. The van der Waals surface area contributed by atoms with Gasteiger partial charge in [-0.1, -0.05) is 13.8 Å². The molecule has 1 aromatic heterocycles. The second-order valence-electron chi connectivity index (χ2n) is 5.30. The largest absolute Gasteiger partial charge is 0.397 e. The molecule has 1 saturated carbocycles. The SMILES string of the molecule is COC1CC(NCc2ccc(N)cn2)C1(C)C. The van der Waals surface area contributed by atoms with Gasteiger partial charge in [0.05, 0.1) is 23.7 Å². The van der Waals surface area contributed by atoms with Gasteiger partial charge in [-0.3, -0.25) is 4.98 Å². The van der Waals surface area contributed by atoms with E-state index in [4.69, 9.17) is 10.5 Å². The maximum absolute atomic E-state index is 5.60. The predicted molar refractivity (Wildman–Crippen MR) is 68.5 cm³/mol. The van der Waals surface area contributed by atoms with Gasteiger partial charge in [-0.25, -0.2) is 0 Å². The van der Waals surface area contributed by atoms with Gasteiger partial charge in [-0.2, -0.15) is 0 Å². The van der Waals surface area contributed by atoms with Crippen LogP contribution in [0.5, 0.6) is 0 Å². The van der Waals surface area contributed by atoms with Crippen molar-refractivity contribution in [2.45, 2.75) is 39.0 Å². The van der Waals surface area contributed by atoms with Gasteiger partial charge in [0, 0.05) is 25.1 Å². The molecule has 2 unspecified atom stereocenters. The minimum atomic E-state index is 0.197. The lowest BCUT2D eigenvalue weighted by Gasteiger charge is -2.51. The molecule has 0 aromatic carbocycles. The minimum Gasteiger partial charge on any atom is -0.397 e. The fourth-order valence-corrected chi connectivity index (χ4v) is 2.40. The van der Waals surface area contributed by atoms with Crippen LogP contribution in [0, 0.1) is 5.41 Å². The lowest BCUT2D eigenvalue weighted by atomic mass is 9.64. The summed E-state index contributed by atoms with van der Waals surface area (Å²) in [7, 11) is 1.78. The van der Waals surface area contributed by atoms with E-state index in [1.807, 2.05) is 12.1 Å². The maximum Gasteiger partial charge on any atom is 0.0652 e. The topological polar surface area (TPSA) is 60.2 Å². The molecule has 1 fully saturated rings. The van der Waals surface area contributed by atoms with Gasteiger partial charge in [0.15, 0.2) is 0 Å². The molecule has 0 saturated heterocycles.